The molecule has 0 saturated heterocycles. The van der Waals surface area contributed by atoms with Gasteiger partial charge < -0.3 is 14.6 Å². The molecule has 0 bridgehead atoms. The molecule has 96 valence electrons. The summed E-state index contributed by atoms with van der Waals surface area (Å²) in [6.07, 6.45) is 1.49. The summed E-state index contributed by atoms with van der Waals surface area (Å²) in [5.74, 6) is -0.610. The molecule has 1 N–H and O–H groups in total. The van der Waals surface area contributed by atoms with E-state index < -0.39 is 23.2 Å². The van der Waals surface area contributed by atoms with Crippen molar-refractivity contribution >= 4 is 21.5 Å². The molecule has 3 unspecified atom stereocenters. The fourth-order valence-corrected chi connectivity index (χ4v) is 1.80. The highest BCUT2D eigenvalue weighted by Gasteiger charge is 2.61. The maximum Gasteiger partial charge on any atom is 0.408 e. The minimum Gasteiger partial charge on any atom is -0.450 e. The van der Waals surface area contributed by atoms with Crippen LogP contribution in [0.2, 0.25) is 0 Å². The Morgan fingerprint density at radius 3 is 2.47 bits per heavy atom. The van der Waals surface area contributed by atoms with Crippen LogP contribution in [0, 0.1) is 5.92 Å². The van der Waals surface area contributed by atoms with Crippen LogP contribution in [0.3, 0.4) is 0 Å². The SMILES string of the molecule is C=CC1CC1(NC(=O)OC(C)(C)C)C(=O)OP. The van der Waals surface area contributed by atoms with Crippen LogP contribution in [0.1, 0.15) is 27.2 Å². The molecule has 0 spiro atoms. The summed E-state index contributed by atoms with van der Waals surface area (Å²) >= 11 is 0. The lowest BCUT2D eigenvalue weighted by Crippen LogP contribution is -2.47. The van der Waals surface area contributed by atoms with Crippen LogP contribution in [0.25, 0.3) is 0 Å². The van der Waals surface area contributed by atoms with E-state index in [0.717, 1.165) is 0 Å². The van der Waals surface area contributed by atoms with Crippen LogP contribution in [-0.4, -0.2) is 23.2 Å². The molecule has 1 fully saturated rings. The Hall–Kier alpha value is -1.09. The maximum absolute atomic E-state index is 11.6. The normalized spacial score (nSPS) is 26.9. The minimum atomic E-state index is -1.01. The lowest BCUT2D eigenvalue weighted by atomic mass is 10.2. The largest absolute Gasteiger partial charge is 0.450 e. The number of carbonyl (C=O) groups is 2. The summed E-state index contributed by atoms with van der Waals surface area (Å²) in [4.78, 5) is 23.2. The van der Waals surface area contributed by atoms with Crippen molar-refractivity contribution in [3.63, 3.8) is 0 Å². The van der Waals surface area contributed by atoms with Crippen LogP contribution in [-0.2, 0) is 14.1 Å². The molecule has 0 aromatic carbocycles. The third kappa shape index (κ3) is 3.19. The Morgan fingerprint density at radius 1 is 1.53 bits per heavy atom. The predicted molar refractivity (Wildman–Crippen MR) is 66.2 cm³/mol. The number of hydrogen-bond acceptors (Lipinski definition) is 4. The summed E-state index contributed by atoms with van der Waals surface area (Å²) in [5.41, 5.74) is -1.61. The molecule has 1 saturated carbocycles. The summed E-state index contributed by atoms with van der Waals surface area (Å²) in [6.45, 7) is 8.88. The quantitative estimate of drug-likeness (QED) is 0.620. The number of carbonyl (C=O) groups excluding carboxylic acids is 2. The number of amides is 1. The van der Waals surface area contributed by atoms with Gasteiger partial charge in [0.15, 0.2) is 0 Å². The number of alkyl carbamates (subject to hydrolysis) is 1. The van der Waals surface area contributed by atoms with E-state index in [1.165, 1.54) is 0 Å². The summed E-state index contributed by atoms with van der Waals surface area (Å²) in [5, 5.41) is 2.56. The van der Waals surface area contributed by atoms with E-state index in [4.69, 9.17) is 4.74 Å². The summed E-state index contributed by atoms with van der Waals surface area (Å²) in [7, 11) is 1.88. The third-order valence-corrected chi connectivity index (χ3v) is 2.71. The molecule has 0 aromatic heterocycles. The van der Waals surface area contributed by atoms with Crippen molar-refractivity contribution in [1.29, 1.82) is 0 Å². The van der Waals surface area contributed by atoms with E-state index in [-0.39, 0.29) is 5.92 Å². The molecule has 1 aliphatic rings. The highest BCUT2D eigenvalue weighted by atomic mass is 31.0. The van der Waals surface area contributed by atoms with Gasteiger partial charge in [-0.1, -0.05) is 6.08 Å². The van der Waals surface area contributed by atoms with Crippen molar-refractivity contribution in [1.82, 2.24) is 5.32 Å². The lowest BCUT2D eigenvalue weighted by Gasteiger charge is -2.22. The van der Waals surface area contributed by atoms with Gasteiger partial charge in [-0.3, -0.25) is 0 Å². The average molecular weight is 259 g/mol. The molecule has 5 nitrogen and oxygen atoms in total. The minimum absolute atomic E-state index is 0.108. The predicted octanol–water partition coefficient (Wildman–Crippen LogP) is 1.79. The van der Waals surface area contributed by atoms with Crippen molar-refractivity contribution in [2.75, 3.05) is 0 Å². The van der Waals surface area contributed by atoms with Crippen LogP contribution in [0.4, 0.5) is 4.79 Å². The number of nitrogens with one attached hydrogen (secondary N) is 1. The molecular formula is C11H18NO4P. The molecule has 1 rings (SSSR count). The molecule has 0 aromatic rings. The molecule has 0 radical (unpaired) electrons. The molecule has 1 amide bonds. The molecule has 6 heteroatoms. The van der Waals surface area contributed by atoms with E-state index in [2.05, 4.69) is 16.4 Å². The van der Waals surface area contributed by atoms with Crippen molar-refractivity contribution in [2.45, 2.75) is 38.3 Å². The molecule has 0 heterocycles. The Morgan fingerprint density at radius 2 is 2.12 bits per heavy atom. The number of rotatable bonds is 3. The fraction of sp³-hybridized carbons (Fsp3) is 0.636. The first-order chi connectivity index (χ1) is 7.75. The topological polar surface area (TPSA) is 64.6 Å². The smallest absolute Gasteiger partial charge is 0.408 e. The van der Waals surface area contributed by atoms with Crippen molar-refractivity contribution in [3.05, 3.63) is 12.7 Å². The maximum atomic E-state index is 11.6. The number of hydrogen-bond donors (Lipinski definition) is 1. The van der Waals surface area contributed by atoms with Gasteiger partial charge >= 0.3 is 12.1 Å². The molecule has 17 heavy (non-hydrogen) atoms. The zero-order valence-corrected chi connectivity index (χ0v) is 11.4. The van der Waals surface area contributed by atoms with Crippen LogP contribution in [0.5, 0.6) is 0 Å². The van der Waals surface area contributed by atoms with E-state index in [9.17, 15) is 9.59 Å². The second kappa shape index (κ2) is 4.65. The van der Waals surface area contributed by atoms with Crippen LogP contribution in [0.15, 0.2) is 12.7 Å². The van der Waals surface area contributed by atoms with Crippen molar-refractivity contribution in [3.8, 4) is 0 Å². The first kappa shape index (κ1) is 14.0. The Balaban J connectivity index is 2.68. The van der Waals surface area contributed by atoms with Gasteiger partial charge in [0.05, 0.1) is 9.47 Å². The van der Waals surface area contributed by atoms with Gasteiger partial charge in [0.1, 0.15) is 11.1 Å². The standard InChI is InChI=1S/C11H18NO4P/c1-5-7-6-11(7,8(13)16-17)12-9(14)15-10(2,3)4/h5,7H,1,6,17H2,2-4H3,(H,12,14). The monoisotopic (exact) mass is 259 g/mol. The first-order valence-corrected chi connectivity index (χ1v) is 5.77. The lowest BCUT2D eigenvalue weighted by molar-refractivity contribution is -0.137. The van der Waals surface area contributed by atoms with Gasteiger partial charge in [0, 0.05) is 5.92 Å². The van der Waals surface area contributed by atoms with Crippen molar-refractivity contribution in [2.24, 2.45) is 5.92 Å². The second-order valence-electron chi connectivity index (χ2n) is 5.05. The highest BCUT2D eigenvalue weighted by molar-refractivity contribution is 7.10. The summed E-state index contributed by atoms with van der Waals surface area (Å²) < 4.78 is 9.70. The van der Waals surface area contributed by atoms with Crippen molar-refractivity contribution < 1.29 is 18.8 Å². The average Bonchev–Trinajstić information content (AvgIpc) is 2.88. The third-order valence-electron chi connectivity index (χ3n) is 2.49. The van der Waals surface area contributed by atoms with Gasteiger partial charge in [-0.25, -0.2) is 9.59 Å². The van der Waals surface area contributed by atoms with E-state index in [1.54, 1.807) is 26.8 Å². The van der Waals surface area contributed by atoms with Gasteiger partial charge in [-0.15, -0.1) is 6.58 Å². The molecule has 3 atom stereocenters. The Labute approximate surface area is 103 Å². The zero-order chi connectivity index (χ0) is 13.3. The number of ether oxygens (including phenoxy) is 1. The van der Waals surface area contributed by atoms with E-state index in [0.29, 0.717) is 6.42 Å². The van der Waals surface area contributed by atoms with Gasteiger partial charge in [0.25, 0.3) is 0 Å². The Kier molecular flexibility index (Phi) is 3.82. The zero-order valence-electron chi connectivity index (χ0n) is 10.3. The second-order valence-corrected chi connectivity index (χ2v) is 5.29. The Bertz CT molecular complexity index is 350. The van der Waals surface area contributed by atoms with Crippen LogP contribution >= 0.6 is 9.47 Å². The van der Waals surface area contributed by atoms with Gasteiger partial charge in [0.2, 0.25) is 0 Å². The molecule has 0 aliphatic heterocycles. The molecule has 1 aliphatic carbocycles. The first-order valence-electron chi connectivity index (χ1n) is 5.30. The fourth-order valence-electron chi connectivity index (χ4n) is 1.59. The van der Waals surface area contributed by atoms with Gasteiger partial charge in [-0.2, -0.15) is 0 Å². The van der Waals surface area contributed by atoms with Gasteiger partial charge in [-0.05, 0) is 27.2 Å². The van der Waals surface area contributed by atoms with E-state index >= 15 is 0 Å². The molecular weight excluding hydrogens is 241 g/mol. The highest BCUT2D eigenvalue weighted by Crippen LogP contribution is 2.45. The van der Waals surface area contributed by atoms with E-state index in [1.807, 2.05) is 9.47 Å². The summed E-state index contributed by atoms with van der Waals surface area (Å²) in [6, 6.07) is 0. The van der Waals surface area contributed by atoms with Crippen LogP contribution < -0.4 is 5.32 Å².